The molecule has 7 nitrogen and oxygen atoms in total. The van der Waals surface area contributed by atoms with Gasteiger partial charge in [-0.2, -0.15) is 0 Å². The minimum Gasteiger partial charge on any atom is -0.467 e. The lowest BCUT2D eigenvalue weighted by molar-refractivity contribution is -0.160. The Balaban J connectivity index is 2.64. The summed E-state index contributed by atoms with van der Waals surface area (Å²) in [6.07, 6.45) is 0.218. The molecule has 0 radical (unpaired) electrons. The largest absolute Gasteiger partial charge is 0.467 e. The van der Waals surface area contributed by atoms with Crippen LogP contribution in [0.1, 0.15) is 25.8 Å². The van der Waals surface area contributed by atoms with Crippen molar-refractivity contribution < 1.29 is 27.5 Å². The number of ketones is 1. The van der Waals surface area contributed by atoms with Crippen LogP contribution in [0.4, 0.5) is 0 Å². The molecule has 1 aromatic rings. The number of hydrogen-bond donors (Lipinski definition) is 0. The number of ether oxygens (including phenoxy) is 1. The molecule has 1 aliphatic heterocycles. The average molecular weight is 367 g/mol. The van der Waals surface area contributed by atoms with Crippen molar-refractivity contribution in [3.8, 4) is 0 Å². The van der Waals surface area contributed by atoms with Gasteiger partial charge in [-0.25, -0.2) is 17.5 Å². The van der Waals surface area contributed by atoms with Crippen molar-refractivity contribution in [2.24, 2.45) is 11.8 Å². The predicted octanol–water partition coefficient (Wildman–Crippen LogP) is 1.30. The van der Waals surface area contributed by atoms with E-state index >= 15 is 0 Å². The molecule has 1 unspecified atom stereocenters. The molecule has 0 spiro atoms. The first-order valence-electron chi connectivity index (χ1n) is 7.93. The van der Waals surface area contributed by atoms with Gasteiger partial charge in [-0.1, -0.05) is 24.6 Å². The topological polar surface area (TPSA) is 97.8 Å². The molecule has 0 N–H and O–H groups in total. The summed E-state index contributed by atoms with van der Waals surface area (Å²) in [4.78, 5) is 37.2. The Labute approximate surface area is 147 Å². The van der Waals surface area contributed by atoms with Gasteiger partial charge in [0, 0.05) is 0 Å². The van der Waals surface area contributed by atoms with Gasteiger partial charge in [0.25, 0.3) is 10.0 Å². The van der Waals surface area contributed by atoms with E-state index in [0.29, 0.717) is 4.31 Å². The fourth-order valence-corrected chi connectivity index (χ4v) is 4.62. The van der Waals surface area contributed by atoms with Gasteiger partial charge in [0.2, 0.25) is 5.91 Å². The summed E-state index contributed by atoms with van der Waals surface area (Å²) in [5.41, 5.74) is 0.850. The van der Waals surface area contributed by atoms with Crippen molar-refractivity contribution >= 4 is 27.7 Å². The molecule has 1 aliphatic rings. The smallest absolute Gasteiger partial charge is 0.330 e. The molecule has 2 rings (SSSR count). The summed E-state index contributed by atoms with van der Waals surface area (Å²) in [6, 6.07) is 4.45. The summed E-state index contributed by atoms with van der Waals surface area (Å²) < 4.78 is 31.3. The number of aryl methyl sites for hydroxylation is 1. The Bertz CT molecular complexity index is 799. The average Bonchev–Trinajstić information content (AvgIpc) is 2.58. The van der Waals surface area contributed by atoms with Crippen LogP contribution in [-0.2, 0) is 29.1 Å². The van der Waals surface area contributed by atoms with Crippen molar-refractivity contribution in [3.63, 3.8) is 0 Å². The predicted molar refractivity (Wildman–Crippen MR) is 89.0 cm³/mol. The quantitative estimate of drug-likeness (QED) is 0.588. The molecule has 1 amide bonds. The molecule has 25 heavy (non-hydrogen) atoms. The van der Waals surface area contributed by atoms with Crippen LogP contribution in [0.3, 0.4) is 0 Å². The van der Waals surface area contributed by atoms with Crippen molar-refractivity contribution in [3.05, 3.63) is 29.8 Å². The van der Waals surface area contributed by atoms with Crippen molar-refractivity contribution in [2.75, 3.05) is 7.11 Å². The zero-order chi connectivity index (χ0) is 18.9. The van der Waals surface area contributed by atoms with Crippen molar-refractivity contribution in [1.82, 2.24) is 4.31 Å². The highest BCUT2D eigenvalue weighted by molar-refractivity contribution is 7.89. The number of carbonyl (C=O) groups excluding carboxylic acids is 3. The summed E-state index contributed by atoms with van der Waals surface area (Å²) >= 11 is 0. The Hall–Kier alpha value is -2.22. The number of hydrogen-bond acceptors (Lipinski definition) is 6. The number of esters is 1. The molecule has 1 fully saturated rings. The normalized spacial score (nSPS) is 24.3. The van der Waals surface area contributed by atoms with Crippen LogP contribution in [0.2, 0.25) is 0 Å². The lowest BCUT2D eigenvalue weighted by atomic mass is 9.82. The Morgan fingerprint density at radius 2 is 1.76 bits per heavy atom. The fraction of sp³-hybridized carbons (Fsp3) is 0.471. The lowest BCUT2D eigenvalue weighted by Crippen LogP contribution is -2.61. The van der Waals surface area contributed by atoms with E-state index in [0.717, 1.165) is 12.7 Å². The molecule has 8 heteroatoms. The van der Waals surface area contributed by atoms with Gasteiger partial charge < -0.3 is 4.74 Å². The monoisotopic (exact) mass is 367 g/mol. The molecule has 0 aromatic heterocycles. The highest BCUT2D eigenvalue weighted by atomic mass is 32.2. The molecule has 0 bridgehead atoms. The van der Waals surface area contributed by atoms with E-state index in [1.807, 2.05) is 0 Å². The molecule has 3 atom stereocenters. The van der Waals surface area contributed by atoms with Crippen molar-refractivity contribution in [1.29, 1.82) is 0 Å². The van der Waals surface area contributed by atoms with E-state index in [9.17, 15) is 22.8 Å². The highest BCUT2D eigenvalue weighted by Gasteiger charge is 2.53. The first kappa shape index (κ1) is 19.1. The fourth-order valence-electron chi connectivity index (χ4n) is 2.99. The second kappa shape index (κ2) is 6.95. The van der Waals surface area contributed by atoms with Gasteiger partial charge in [0.15, 0.2) is 11.8 Å². The highest BCUT2D eigenvalue weighted by Crippen LogP contribution is 2.33. The number of piperidine rings is 1. The van der Waals surface area contributed by atoms with E-state index in [2.05, 4.69) is 4.74 Å². The molecule has 136 valence electrons. The maximum Gasteiger partial charge on any atom is 0.330 e. The molecule has 0 aliphatic carbocycles. The number of amides is 1. The summed E-state index contributed by atoms with van der Waals surface area (Å²) in [5, 5.41) is 0. The Kier molecular flexibility index (Phi) is 5.31. The summed E-state index contributed by atoms with van der Waals surface area (Å²) in [6.45, 7) is 4.82. The molecule has 1 aromatic carbocycles. The van der Waals surface area contributed by atoms with Crippen LogP contribution in [0.25, 0.3) is 0 Å². The third-order valence-corrected chi connectivity index (χ3v) is 6.27. The number of sulfonamides is 1. The third-order valence-electron chi connectivity index (χ3n) is 4.47. The second-order valence-electron chi connectivity index (χ2n) is 6.06. The maximum absolute atomic E-state index is 13.0. The minimum absolute atomic E-state index is 0.114. The molecule has 0 saturated carbocycles. The number of carbonyl (C=O) groups is 3. The van der Waals surface area contributed by atoms with Gasteiger partial charge in [-0.3, -0.25) is 9.59 Å². The SMILES string of the molecule is CC[C@@H]1C(=O)C(C)C(=O)N(S(=O)(=O)c2ccc(C)cc2)[C@H]1C(=O)OC. The van der Waals surface area contributed by atoms with E-state index in [-0.39, 0.29) is 11.3 Å². The van der Waals surface area contributed by atoms with Gasteiger partial charge in [-0.15, -0.1) is 0 Å². The van der Waals surface area contributed by atoms with Crippen LogP contribution in [-0.4, -0.2) is 43.5 Å². The van der Waals surface area contributed by atoms with Gasteiger partial charge in [0.1, 0.15) is 0 Å². The van der Waals surface area contributed by atoms with Crippen LogP contribution in [0.15, 0.2) is 29.2 Å². The first-order valence-corrected chi connectivity index (χ1v) is 9.37. The van der Waals surface area contributed by atoms with Crippen LogP contribution < -0.4 is 0 Å². The Morgan fingerprint density at radius 1 is 1.20 bits per heavy atom. The number of methoxy groups -OCH3 is 1. The molecule has 1 heterocycles. The third kappa shape index (κ3) is 3.18. The number of Topliss-reactive ketones (excluding diaryl/α,β-unsaturated/α-hetero) is 1. The minimum atomic E-state index is -4.30. The van der Waals surface area contributed by atoms with E-state index in [1.54, 1.807) is 26.0 Å². The zero-order valence-electron chi connectivity index (χ0n) is 14.6. The first-order chi connectivity index (χ1) is 11.7. The van der Waals surface area contributed by atoms with Crippen LogP contribution in [0, 0.1) is 18.8 Å². The van der Waals surface area contributed by atoms with E-state index < -0.39 is 45.6 Å². The Morgan fingerprint density at radius 3 is 2.24 bits per heavy atom. The van der Waals surface area contributed by atoms with Crippen LogP contribution in [0.5, 0.6) is 0 Å². The number of nitrogens with zero attached hydrogens (tertiary/aromatic N) is 1. The maximum atomic E-state index is 13.0. The van der Waals surface area contributed by atoms with Crippen LogP contribution >= 0.6 is 0 Å². The van der Waals surface area contributed by atoms with Gasteiger partial charge in [0.05, 0.1) is 23.8 Å². The van der Waals surface area contributed by atoms with E-state index in [4.69, 9.17) is 0 Å². The van der Waals surface area contributed by atoms with Gasteiger partial charge in [-0.05, 0) is 32.4 Å². The summed E-state index contributed by atoms with van der Waals surface area (Å²) in [5.74, 6) is -4.34. The number of benzene rings is 1. The number of rotatable bonds is 4. The van der Waals surface area contributed by atoms with E-state index in [1.165, 1.54) is 19.1 Å². The molecular formula is C17H21NO6S. The van der Waals surface area contributed by atoms with Gasteiger partial charge >= 0.3 is 5.97 Å². The van der Waals surface area contributed by atoms with Crippen molar-refractivity contribution in [2.45, 2.75) is 38.1 Å². The zero-order valence-corrected chi connectivity index (χ0v) is 15.4. The summed E-state index contributed by atoms with van der Waals surface area (Å²) in [7, 11) is -3.20. The lowest BCUT2D eigenvalue weighted by Gasteiger charge is -2.39. The second-order valence-corrected chi connectivity index (χ2v) is 7.87. The standard InChI is InChI=1S/C17H21NO6S/c1-5-13-14(17(21)24-4)18(16(20)11(3)15(13)19)25(22,23)12-8-6-10(2)7-9-12/h6-9,11,13-14H,5H2,1-4H3/t11?,13-,14+/m0/s1. The molecular weight excluding hydrogens is 346 g/mol. The molecule has 1 saturated heterocycles.